The molecule has 0 atom stereocenters. The van der Waals surface area contributed by atoms with Crippen LogP contribution in [0.4, 0.5) is 11.5 Å². The number of ether oxygens (including phenoxy) is 1. The maximum absolute atomic E-state index is 12.8. The summed E-state index contributed by atoms with van der Waals surface area (Å²) in [6, 6.07) is 7.74. The van der Waals surface area contributed by atoms with E-state index < -0.39 is 0 Å². The Balaban J connectivity index is 1.74. The highest BCUT2D eigenvalue weighted by atomic mass is 35.5. The molecule has 2 heterocycles. The van der Waals surface area contributed by atoms with Gasteiger partial charge in [-0.3, -0.25) is 4.79 Å². The van der Waals surface area contributed by atoms with Gasteiger partial charge in [0.2, 0.25) is 0 Å². The average molecular weight is 402 g/mol. The summed E-state index contributed by atoms with van der Waals surface area (Å²) in [7, 11) is 0. The molecule has 0 saturated carbocycles. The number of carbonyl (C=O) groups is 1. The number of aryl methyl sites for hydroxylation is 1. The number of aromatic nitrogens is 1. The third-order valence-electron chi connectivity index (χ3n) is 5.08. The number of carbonyl (C=O) groups excluding carboxylic acids is 1. The maximum Gasteiger partial charge on any atom is 0.253 e. The smallest absolute Gasteiger partial charge is 0.253 e. The Morgan fingerprint density at radius 1 is 1.29 bits per heavy atom. The summed E-state index contributed by atoms with van der Waals surface area (Å²) in [6.07, 6.45) is 3.64. The molecular weight excluding hydrogens is 374 g/mol. The van der Waals surface area contributed by atoms with E-state index in [4.69, 9.17) is 16.3 Å². The Labute approximate surface area is 171 Å². The fraction of sp³-hybridized carbons (Fsp3) is 0.455. The standard InChI is InChI=1S/C22H28ClN3O2/c1-14(2)17-11-21(26-20-10-15(3)4-5-19(20)23)24-13-18(17)22(27)25-12-16-6-8-28-9-7-16/h4-5,10-11,13-14,16H,6-9,12H2,1-3H3,(H,24,26)(H,25,27). The molecule has 0 aliphatic carbocycles. The Morgan fingerprint density at radius 3 is 2.75 bits per heavy atom. The lowest BCUT2D eigenvalue weighted by atomic mass is 9.97. The lowest BCUT2D eigenvalue weighted by Crippen LogP contribution is -2.32. The van der Waals surface area contributed by atoms with Crippen LogP contribution in [0.5, 0.6) is 0 Å². The lowest BCUT2D eigenvalue weighted by Gasteiger charge is -2.22. The molecule has 1 aliphatic rings. The molecule has 150 valence electrons. The van der Waals surface area contributed by atoms with Crippen molar-refractivity contribution in [2.45, 2.75) is 39.5 Å². The predicted molar refractivity (Wildman–Crippen MR) is 114 cm³/mol. The first-order valence-electron chi connectivity index (χ1n) is 9.83. The highest BCUT2D eigenvalue weighted by molar-refractivity contribution is 6.33. The number of amides is 1. The van der Waals surface area contributed by atoms with Gasteiger partial charge in [0.05, 0.1) is 16.3 Å². The number of halogens is 1. The van der Waals surface area contributed by atoms with Gasteiger partial charge in [-0.15, -0.1) is 0 Å². The van der Waals surface area contributed by atoms with Gasteiger partial charge in [-0.1, -0.05) is 31.5 Å². The molecule has 3 rings (SSSR count). The molecule has 1 aliphatic heterocycles. The molecule has 6 heteroatoms. The summed E-state index contributed by atoms with van der Waals surface area (Å²) >= 11 is 6.28. The van der Waals surface area contributed by atoms with Crippen molar-refractivity contribution in [2.75, 3.05) is 25.1 Å². The van der Waals surface area contributed by atoms with E-state index in [0.717, 1.165) is 42.9 Å². The first-order chi connectivity index (χ1) is 13.4. The summed E-state index contributed by atoms with van der Waals surface area (Å²) in [5, 5.41) is 6.98. The molecule has 0 spiro atoms. The number of hydrogen-bond donors (Lipinski definition) is 2. The summed E-state index contributed by atoms with van der Waals surface area (Å²) in [4.78, 5) is 17.2. The molecule has 0 unspecified atom stereocenters. The number of hydrogen-bond acceptors (Lipinski definition) is 4. The Kier molecular flexibility index (Phi) is 6.92. The number of anilines is 2. The van der Waals surface area contributed by atoms with E-state index in [1.807, 2.05) is 31.2 Å². The second kappa shape index (κ2) is 9.39. The van der Waals surface area contributed by atoms with E-state index >= 15 is 0 Å². The van der Waals surface area contributed by atoms with Crippen molar-refractivity contribution in [3.05, 3.63) is 52.2 Å². The fourth-order valence-electron chi connectivity index (χ4n) is 3.36. The van der Waals surface area contributed by atoms with Crippen LogP contribution in [0.15, 0.2) is 30.5 Å². The summed E-state index contributed by atoms with van der Waals surface area (Å²) in [6.45, 7) is 8.41. The van der Waals surface area contributed by atoms with Crippen LogP contribution in [-0.4, -0.2) is 30.6 Å². The largest absolute Gasteiger partial charge is 0.381 e. The minimum absolute atomic E-state index is 0.0668. The molecule has 0 bridgehead atoms. The molecule has 5 nitrogen and oxygen atoms in total. The third kappa shape index (κ3) is 5.24. The molecule has 1 aromatic heterocycles. The number of pyridine rings is 1. The Bertz CT molecular complexity index is 833. The minimum atomic E-state index is -0.0668. The number of benzene rings is 1. The number of nitrogens with one attached hydrogen (secondary N) is 2. The zero-order valence-corrected chi connectivity index (χ0v) is 17.5. The summed E-state index contributed by atoms with van der Waals surface area (Å²) < 4.78 is 5.38. The van der Waals surface area contributed by atoms with Crippen LogP contribution in [0.25, 0.3) is 0 Å². The zero-order valence-electron chi connectivity index (χ0n) is 16.7. The van der Waals surface area contributed by atoms with E-state index in [2.05, 4.69) is 29.5 Å². The van der Waals surface area contributed by atoms with Crippen molar-refractivity contribution in [1.29, 1.82) is 0 Å². The van der Waals surface area contributed by atoms with Gasteiger partial charge in [0.15, 0.2) is 0 Å². The van der Waals surface area contributed by atoms with Gasteiger partial charge in [0.1, 0.15) is 5.82 Å². The van der Waals surface area contributed by atoms with Gasteiger partial charge in [-0.25, -0.2) is 4.98 Å². The Morgan fingerprint density at radius 2 is 2.04 bits per heavy atom. The maximum atomic E-state index is 12.8. The fourth-order valence-corrected chi connectivity index (χ4v) is 3.53. The minimum Gasteiger partial charge on any atom is -0.381 e. The predicted octanol–water partition coefficient (Wildman–Crippen LogP) is 5.07. The molecule has 1 saturated heterocycles. The quantitative estimate of drug-likeness (QED) is 0.709. The molecule has 1 amide bonds. The SMILES string of the molecule is Cc1ccc(Cl)c(Nc2cc(C(C)C)c(C(=O)NCC3CCOCC3)cn2)c1. The summed E-state index contributed by atoms with van der Waals surface area (Å²) in [5.74, 6) is 1.29. The van der Waals surface area contributed by atoms with E-state index in [1.54, 1.807) is 6.20 Å². The summed E-state index contributed by atoms with van der Waals surface area (Å²) in [5.41, 5.74) is 3.51. The van der Waals surface area contributed by atoms with Gasteiger partial charge >= 0.3 is 0 Å². The topological polar surface area (TPSA) is 63.2 Å². The average Bonchev–Trinajstić information content (AvgIpc) is 2.69. The molecule has 1 fully saturated rings. The third-order valence-corrected chi connectivity index (χ3v) is 5.41. The second-order valence-electron chi connectivity index (χ2n) is 7.69. The highest BCUT2D eigenvalue weighted by Gasteiger charge is 2.19. The Hall–Kier alpha value is -2.11. The first kappa shape index (κ1) is 20.6. The van der Waals surface area contributed by atoms with Crippen molar-refractivity contribution in [3.8, 4) is 0 Å². The van der Waals surface area contributed by atoms with Crippen molar-refractivity contribution < 1.29 is 9.53 Å². The van der Waals surface area contributed by atoms with Crippen LogP contribution in [0, 0.1) is 12.8 Å². The molecule has 0 radical (unpaired) electrons. The monoisotopic (exact) mass is 401 g/mol. The second-order valence-corrected chi connectivity index (χ2v) is 8.09. The van der Waals surface area contributed by atoms with E-state index in [-0.39, 0.29) is 11.8 Å². The van der Waals surface area contributed by atoms with Crippen molar-refractivity contribution in [2.24, 2.45) is 5.92 Å². The van der Waals surface area contributed by atoms with Gasteiger partial charge in [-0.05, 0) is 60.9 Å². The van der Waals surface area contributed by atoms with Gasteiger partial charge < -0.3 is 15.4 Å². The normalized spacial score (nSPS) is 14.9. The molecule has 1 aromatic carbocycles. The van der Waals surface area contributed by atoms with E-state index in [1.165, 1.54) is 0 Å². The lowest BCUT2D eigenvalue weighted by molar-refractivity contribution is 0.0642. The van der Waals surface area contributed by atoms with Crippen LogP contribution in [-0.2, 0) is 4.74 Å². The van der Waals surface area contributed by atoms with Crippen LogP contribution in [0.1, 0.15) is 54.1 Å². The van der Waals surface area contributed by atoms with E-state index in [9.17, 15) is 4.79 Å². The molecule has 2 N–H and O–H groups in total. The number of nitrogens with zero attached hydrogens (tertiary/aromatic N) is 1. The molecular formula is C22H28ClN3O2. The zero-order chi connectivity index (χ0) is 20.1. The van der Waals surface area contributed by atoms with Crippen LogP contribution >= 0.6 is 11.6 Å². The highest BCUT2D eigenvalue weighted by Crippen LogP contribution is 2.28. The van der Waals surface area contributed by atoms with Gasteiger partial charge in [-0.2, -0.15) is 0 Å². The van der Waals surface area contributed by atoms with E-state index in [0.29, 0.717) is 28.9 Å². The van der Waals surface area contributed by atoms with Gasteiger partial charge in [0.25, 0.3) is 5.91 Å². The van der Waals surface area contributed by atoms with Crippen LogP contribution in [0.3, 0.4) is 0 Å². The van der Waals surface area contributed by atoms with Crippen LogP contribution in [0.2, 0.25) is 5.02 Å². The van der Waals surface area contributed by atoms with Crippen molar-refractivity contribution in [3.63, 3.8) is 0 Å². The van der Waals surface area contributed by atoms with Crippen LogP contribution < -0.4 is 10.6 Å². The first-order valence-corrected chi connectivity index (χ1v) is 10.2. The van der Waals surface area contributed by atoms with Crippen molar-refractivity contribution in [1.82, 2.24) is 10.3 Å². The molecule has 28 heavy (non-hydrogen) atoms. The van der Waals surface area contributed by atoms with Gasteiger partial charge in [0, 0.05) is 26.0 Å². The van der Waals surface area contributed by atoms with Crippen molar-refractivity contribution >= 4 is 29.0 Å². The molecule has 2 aromatic rings. The number of rotatable bonds is 6.